The molecule has 1 aromatic carbocycles. The maximum absolute atomic E-state index is 12.0. The molecule has 1 saturated carbocycles. The molecule has 0 atom stereocenters. The Labute approximate surface area is 149 Å². The monoisotopic (exact) mass is 350 g/mol. The zero-order chi connectivity index (χ0) is 17.7. The maximum atomic E-state index is 12.0. The Morgan fingerprint density at radius 2 is 1.71 bits per heavy atom. The van der Waals surface area contributed by atoms with Crippen LogP contribution in [0, 0.1) is 11.3 Å². The molecule has 2 rings (SSSR count). The fourth-order valence-corrected chi connectivity index (χ4v) is 3.45. The van der Waals surface area contributed by atoms with Crippen molar-refractivity contribution in [3.63, 3.8) is 0 Å². The van der Waals surface area contributed by atoms with Crippen LogP contribution < -0.4 is 10.6 Å². The van der Waals surface area contributed by atoms with E-state index in [0.717, 1.165) is 31.2 Å². The van der Waals surface area contributed by atoms with Gasteiger partial charge in [-0.25, -0.2) is 0 Å². The van der Waals surface area contributed by atoms with Crippen molar-refractivity contribution < 1.29 is 9.59 Å². The molecule has 1 aromatic rings. The normalized spacial score (nSPS) is 21.2. The first-order valence-electron chi connectivity index (χ1n) is 8.59. The zero-order valence-electron chi connectivity index (χ0n) is 14.7. The van der Waals surface area contributed by atoms with Crippen LogP contribution in [0.3, 0.4) is 0 Å². The van der Waals surface area contributed by atoms with Crippen molar-refractivity contribution in [3.05, 3.63) is 34.9 Å². The van der Waals surface area contributed by atoms with Gasteiger partial charge in [0, 0.05) is 17.6 Å². The molecule has 0 heterocycles. The first-order chi connectivity index (χ1) is 11.3. The van der Waals surface area contributed by atoms with Crippen LogP contribution in [0.2, 0.25) is 5.02 Å². The van der Waals surface area contributed by atoms with E-state index >= 15 is 0 Å². The molecule has 0 saturated heterocycles. The van der Waals surface area contributed by atoms with Crippen molar-refractivity contribution in [3.8, 4) is 0 Å². The van der Waals surface area contributed by atoms with Gasteiger partial charge in [-0.2, -0.15) is 0 Å². The molecule has 1 aliphatic carbocycles. The van der Waals surface area contributed by atoms with Gasteiger partial charge in [-0.1, -0.05) is 50.6 Å². The van der Waals surface area contributed by atoms with Gasteiger partial charge in [0.25, 0.3) is 0 Å². The standard InChI is InChI=1S/C19H27ClN2O2/c1-19(2,3)14-8-10-15(11-9-14)22-18(24)17(23)21-12-13-6-4-5-7-16(13)20/h4-7,14-15H,8-12H2,1-3H3,(H,21,23)(H,22,24). The van der Waals surface area contributed by atoms with Gasteiger partial charge in [-0.05, 0) is 48.6 Å². The molecule has 24 heavy (non-hydrogen) atoms. The Morgan fingerprint density at radius 1 is 1.08 bits per heavy atom. The van der Waals surface area contributed by atoms with Crippen molar-refractivity contribution in [1.29, 1.82) is 0 Å². The molecule has 0 aromatic heterocycles. The van der Waals surface area contributed by atoms with Gasteiger partial charge in [-0.15, -0.1) is 0 Å². The van der Waals surface area contributed by atoms with E-state index in [9.17, 15) is 9.59 Å². The lowest BCUT2D eigenvalue weighted by Gasteiger charge is -2.37. The average Bonchev–Trinajstić information content (AvgIpc) is 2.53. The highest BCUT2D eigenvalue weighted by atomic mass is 35.5. The summed E-state index contributed by atoms with van der Waals surface area (Å²) in [4.78, 5) is 24.0. The van der Waals surface area contributed by atoms with E-state index in [1.165, 1.54) is 0 Å². The molecule has 1 fully saturated rings. The van der Waals surface area contributed by atoms with E-state index in [-0.39, 0.29) is 12.6 Å². The molecule has 0 unspecified atom stereocenters. The van der Waals surface area contributed by atoms with Gasteiger partial charge in [-0.3, -0.25) is 9.59 Å². The van der Waals surface area contributed by atoms with Crippen molar-refractivity contribution in [2.45, 2.75) is 59.0 Å². The number of hydrogen-bond acceptors (Lipinski definition) is 2. The second kappa shape index (κ2) is 8.02. The third-order valence-electron chi connectivity index (χ3n) is 4.89. The lowest BCUT2D eigenvalue weighted by molar-refractivity contribution is -0.139. The highest BCUT2D eigenvalue weighted by Crippen LogP contribution is 2.37. The summed E-state index contributed by atoms with van der Waals surface area (Å²) >= 11 is 6.04. The number of amides is 2. The number of benzene rings is 1. The molecular weight excluding hydrogens is 324 g/mol. The number of carbonyl (C=O) groups excluding carboxylic acids is 2. The molecule has 0 radical (unpaired) electrons. The van der Waals surface area contributed by atoms with Crippen LogP contribution in [0.4, 0.5) is 0 Å². The lowest BCUT2D eigenvalue weighted by atomic mass is 9.71. The van der Waals surface area contributed by atoms with Gasteiger partial charge in [0.1, 0.15) is 0 Å². The van der Waals surface area contributed by atoms with Gasteiger partial charge in [0.05, 0.1) is 0 Å². The van der Waals surface area contributed by atoms with Crippen molar-refractivity contribution in [2.75, 3.05) is 0 Å². The lowest BCUT2D eigenvalue weighted by Crippen LogP contribution is -2.46. The van der Waals surface area contributed by atoms with Crippen molar-refractivity contribution >= 4 is 23.4 Å². The quantitative estimate of drug-likeness (QED) is 0.817. The minimum absolute atomic E-state index is 0.0992. The smallest absolute Gasteiger partial charge is 0.309 e. The highest BCUT2D eigenvalue weighted by molar-refractivity contribution is 6.35. The van der Waals surface area contributed by atoms with Gasteiger partial charge in [0.15, 0.2) is 0 Å². The second-order valence-corrected chi connectivity index (χ2v) is 8.07. The van der Waals surface area contributed by atoms with Crippen LogP contribution in [0.15, 0.2) is 24.3 Å². The maximum Gasteiger partial charge on any atom is 0.309 e. The SMILES string of the molecule is CC(C)(C)C1CCC(NC(=O)C(=O)NCc2ccccc2Cl)CC1. The molecule has 0 spiro atoms. The first kappa shape index (κ1) is 18.8. The fraction of sp³-hybridized carbons (Fsp3) is 0.579. The Bertz CT molecular complexity index is 587. The van der Waals surface area contributed by atoms with Crippen LogP contribution in [0.5, 0.6) is 0 Å². The number of carbonyl (C=O) groups is 2. The Kier molecular flexibility index (Phi) is 6.27. The number of hydrogen-bond donors (Lipinski definition) is 2. The molecule has 0 aliphatic heterocycles. The second-order valence-electron chi connectivity index (χ2n) is 7.66. The Hall–Kier alpha value is -1.55. The van der Waals surface area contributed by atoms with E-state index in [1.807, 2.05) is 18.2 Å². The number of nitrogens with one attached hydrogen (secondary N) is 2. The predicted octanol–water partition coefficient (Wildman–Crippen LogP) is 3.68. The first-order valence-corrected chi connectivity index (χ1v) is 8.97. The summed E-state index contributed by atoms with van der Waals surface area (Å²) in [5.74, 6) is -0.478. The number of rotatable bonds is 3. The molecule has 1 aliphatic rings. The zero-order valence-corrected chi connectivity index (χ0v) is 15.5. The molecule has 2 N–H and O–H groups in total. The summed E-state index contributed by atoms with van der Waals surface area (Å²) in [6.45, 7) is 7.04. The molecule has 2 amide bonds. The van der Waals surface area contributed by atoms with E-state index in [4.69, 9.17) is 11.6 Å². The number of halogens is 1. The minimum Gasteiger partial charge on any atom is -0.345 e. The van der Waals surface area contributed by atoms with Gasteiger partial charge < -0.3 is 10.6 Å². The topological polar surface area (TPSA) is 58.2 Å². The highest BCUT2D eigenvalue weighted by Gasteiger charge is 2.30. The summed E-state index contributed by atoms with van der Waals surface area (Å²) in [5, 5.41) is 6.07. The van der Waals surface area contributed by atoms with E-state index in [2.05, 4.69) is 31.4 Å². The molecule has 5 heteroatoms. The van der Waals surface area contributed by atoms with Crippen LogP contribution in [0.1, 0.15) is 52.0 Å². The molecule has 4 nitrogen and oxygen atoms in total. The molecular formula is C19H27ClN2O2. The largest absolute Gasteiger partial charge is 0.345 e. The van der Waals surface area contributed by atoms with Gasteiger partial charge in [0.2, 0.25) is 0 Å². The van der Waals surface area contributed by atoms with Crippen LogP contribution in [-0.4, -0.2) is 17.9 Å². The van der Waals surface area contributed by atoms with Crippen LogP contribution in [-0.2, 0) is 16.1 Å². The van der Waals surface area contributed by atoms with E-state index in [1.54, 1.807) is 6.07 Å². The van der Waals surface area contributed by atoms with Crippen LogP contribution in [0.25, 0.3) is 0 Å². The summed E-state index contributed by atoms with van der Waals surface area (Å²) in [6, 6.07) is 7.36. The third kappa shape index (κ3) is 5.23. The molecule has 0 bridgehead atoms. The molecule has 132 valence electrons. The summed E-state index contributed by atoms with van der Waals surface area (Å²) in [5.41, 5.74) is 1.10. The summed E-state index contributed by atoms with van der Waals surface area (Å²) in [7, 11) is 0. The summed E-state index contributed by atoms with van der Waals surface area (Å²) in [6.07, 6.45) is 4.06. The fourth-order valence-electron chi connectivity index (χ4n) is 3.25. The Balaban J connectivity index is 1.77. The van der Waals surface area contributed by atoms with E-state index < -0.39 is 11.8 Å². The van der Waals surface area contributed by atoms with Crippen LogP contribution >= 0.6 is 11.6 Å². The summed E-state index contributed by atoms with van der Waals surface area (Å²) < 4.78 is 0. The average molecular weight is 351 g/mol. The minimum atomic E-state index is -0.604. The van der Waals surface area contributed by atoms with E-state index in [0.29, 0.717) is 16.4 Å². The predicted molar refractivity (Wildman–Crippen MR) is 96.6 cm³/mol. The Morgan fingerprint density at radius 3 is 2.29 bits per heavy atom. The van der Waals surface area contributed by atoms with Gasteiger partial charge >= 0.3 is 11.8 Å². The third-order valence-corrected chi connectivity index (χ3v) is 5.26. The van der Waals surface area contributed by atoms with Crippen molar-refractivity contribution in [2.24, 2.45) is 11.3 Å². The van der Waals surface area contributed by atoms with Crippen molar-refractivity contribution in [1.82, 2.24) is 10.6 Å².